The fourth-order valence-electron chi connectivity index (χ4n) is 3.64. The highest BCUT2D eigenvalue weighted by molar-refractivity contribution is 5.94. The summed E-state index contributed by atoms with van der Waals surface area (Å²) in [5.41, 5.74) is 3.83. The first-order valence-corrected chi connectivity index (χ1v) is 8.97. The number of benzene rings is 1. The van der Waals surface area contributed by atoms with Crippen LogP contribution in [-0.2, 0) is 11.3 Å². The van der Waals surface area contributed by atoms with Gasteiger partial charge in [0.25, 0.3) is 5.91 Å². The van der Waals surface area contributed by atoms with E-state index < -0.39 is 5.97 Å². The van der Waals surface area contributed by atoms with Gasteiger partial charge in [-0.05, 0) is 49.9 Å². The molecule has 6 nitrogen and oxygen atoms in total. The van der Waals surface area contributed by atoms with Gasteiger partial charge in [0.2, 0.25) is 0 Å². The van der Waals surface area contributed by atoms with Gasteiger partial charge in [0.1, 0.15) is 0 Å². The maximum atomic E-state index is 12.7. The minimum Gasteiger partial charge on any atom is -0.481 e. The molecule has 2 heterocycles. The van der Waals surface area contributed by atoms with Crippen LogP contribution < -0.4 is 0 Å². The third-order valence-corrected chi connectivity index (χ3v) is 5.15. The summed E-state index contributed by atoms with van der Waals surface area (Å²) >= 11 is 0. The van der Waals surface area contributed by atoms with Crippen LogP contribution in [0.5, 0.6) is 0 Å². The fourth-order valence-corrected chi connectivity index (χ4v) is 3.64. The molecule has 0 radical (unpaired) electrons. The van der Waals surface area contributed by atoms with Crippen molar-refractivity contribution in [1.82, 2.24) is 14.7 Å². The van der Waals surface area contributed by atoms with Crippen molar-refractivity contribution in [2.75, 3.05) is 13.1 Å². The number of carboxylic acid groups (broad SMARTS) is 1. The maximum Gasteiger partial charge on any atom is 0.306 e. The predicted molar refractivity (Wildman–Crippen MR) is 98.1 cm³/mol. The first kappa shape index (κ1) is 18.2. The van der Waals surface area contributed by atoms with E-state index in [4.69, 9.17) is 0 Å². The van der Waals surface area contributed by atoms with Gasteiger partial charge < -0.3 is 10.0 Å². The zero-order valence-corrected chi connectivity index (χ0v) is 15.5. The van der Waals surface area contributed by atoms with Crippen LogP contribution in [0.3, 0.4) is 0 Å². The summed E-state index contributed by atoms with van der Waals surface area (Å²) in [5.74, 6) is -1.19. The van der Waals surface area contributed by atoms with E-state index in [-0.39, 0.29) is 17.7 Å². The van der Waals surface area contributed by atoms with Crippen LogP contribution >= 0.6 is 0 Å². The molecule has 1 amide bonds. The molecule has 0 bridgehead atoms. The van der Waals surface area contributed by atoms with Crippen molar-refractivity contribution in [3.05, 3.63) is 52.8 Å². The van der Waals surface area contributed by atoms with Gasteiger partial charge in [-0.3, -0.25) is 14.3 Å². The zero-order chi connectivity index (χ0) is 18.8. The van der Waals surface area contributed by atoms with Crippen LogP contribution in [0.4, 0.5) is 0 Å². The van der Waals surface area contributed by atoms with Gasteiger partial charge >= 0.3 is 5.97 Å². The van der Waals surface area contributed by atoms with E-state index in [1.54, 1.807) is 4.90 Å². The van der Waals surface area contributed by atoms with Crippen LogP contribution in [0.1, 0.15) is 40.7 Å². The highest BCUT2D eigenvalue weighted by Crippen LogP contribution is 2.24. The highest BCUT2D eigenvalue weighted by Gasteiger charge is 2.33. The summed E-state index contributed by atoms with van der Waals surface area (Å²) in [7, 11) is 0. The molecule has 26 heavy (non-hydrogen) atoms. The lowest BCUT2D eigenvalue weighted by molar-refractivity contribution is -0.145. The number of carbonyl (C=O) groups excluding carboxylic acids is 1. The predicted octanol–water partition coefficient (Wildman–Crippen LogP) is 2.73. The van der Waals surface area contributed by atoms with Gasteiger partial charge in [-0.2, -0.15) is 5.10 Å². The van der Waals surface area contributed by atoms with Gasteiger partial charge in [-0.1, -0.05) is 19.1 Å². The number of likely N-dealkylation sites (tertiary alicyclic amines) is 1. The van der Waals surface area contributed by atoms with Crippen molar-refractivity contribution in [3.8, 4) is 0 Å². The average Bonchev–Trinajstić information content (AvgIpc) is 2.91. The maximum absolute atomic E-state index is 12.7. The van der Waals surface area contributed by atoms with Gasteiger partial charge in [0.05, 0.1) is 18.2 Å². The first-order chi connectivity index (χ1) is 12.3. The molecule has 1 fully saturated rings. The summed E-state index contributed by atoms with van der Waals surface area (Å²) < 4.78 is 1.95. The lowest BCUT2D eigenvalue weighted by Gasteiger charge is -2.35. The molecule has 2 aromatic rings. The zero-order valence-electron chi connectivity index (χ0n) is 15.5. The van der Waals surface area contributed by atoms with Crippen molar-refractivity contribution in [2.45, 2.75) is 33.7 Å². The number of nitrogens with zero attached hydrogens (tertiary/aromatic N) is 3. The smallest absolute Gasteiger partial charge is 0.306 e. The molecule has 2 unspecified atom stereocenters. The molecule has 1 aromatic carbocycles. The summed E-state index contributed by atoms with van der Waals surface area (Å²) in [6, 6.07) is 9.64. The number of carboxylic acids is 1. The molecule has 0 saturated carbocycles. The molecule has 1 N–H and O–H groups in total. The topological polar surface area (TPSA) is 75.4 Å². The van der Waals surface area contributed by atoms with Crippen molar-refractivity contribution >= 4 is 11.9 Å². The van der Waals surface area contributed by atoms with Crippen molar-refractivity contribution < 1.29 is 14.7 Å². The second kappa shape index (κ2) is 7.32. The van der Waals surface area contributed by atoms with E-state index >= 15 is 0 Å². The van der Waals surface area contributed by atoms with E-state index in [0.29, 0.717) is 31.6 Å². The second-order valence-corrected chi connectivity index (χ2v) is 7.24. The third kappa shape index (κ3) is 3.79. The van der Waals surface area contributed by atoms with Gasteiger partial charge in [-0.25, -0.2) is 0 Å². The molecule has 1 aliphatic rings. The van der Waals surface area contributed by atoms with E-state index in [2.05, 4.69) is 5.10 Å². The number of rotatable bonds is 4. The minimum absolute atomic E-state index is 0.0293. The van der Waals surface area contributed by atoms with Gasteiger partial charge in [0.15, 0.2) is 0 Å². The monoisotopic (exact) mass is 355 g/mol. The molecule has 1 aromatic heterocycles. The van der Waals surface area contributed by atoms with E-state index in [1.165, 1.54) is 0 Å². The van der Waals surface area contributed by atoms with Crippen LogP contribution in [0.25, 0.3) is 0 Å². The van der Waals surface area contributed by atoms with Crippen LogP contribution in [0, 0.1) is 25.7 Å². The van der Waals surface area contributed by atoms with Crippen LogP contribution in [-0.4, -0.2) is 44.8 Å². The number of aryl methyl sites for hydroxylation is 2. The number of amides is 1. The molecule has 3 rings (SSSR count). The highest BCUT2D eigenvalue weighted by atomic mass is 16.4. The Balaban J connectivity index is 1.66. The fraction of sp³-hybridized carbons (Fsp3) is 0.450. The van der Waals surface area contributed by atoms with Crippen molar-refractivity contribution in [3.63, 3.8) is 0 Å². The lowest BCUT2D eigenvalue weighted by atomic mass is 9.87. The Morgan fingerprint density at radius 3 is 2.46 bits per heavy atom. The third-order valence-electron chi connectivity index (χ3n) is 5.15. The Hall–Kier alpha value is -2.63. The normalized spacial score (nSPS) is 20.2. The van der Waals surface area contributed by atoms with Gasteiger partial charge in [-0.15, -0.1) is 0 Å². The first-order valence-electron chi connectivity index (χ1n) is 8.97. The molecule has 2 atom stereocenters. The molecular weight excluding hydrogens is 330 g/mol. The van der Waals surface area contributed by atoms with Crippen LogP contribution in [0.15, 0.2) is 30.3 Å². The van der Waals surface area contributed by atoms with E-state index in [9.17, 15) is 14.7 Å². The molecule has 1 aliphatic heterocycles. The summed E-state index contributed by atoms with van der Waals surface area (Å²) in [6.45, 7) is 7.56. The Morgan fingerprint density at radius 2 is 1.92 bits per heavy atom. The lowest BCUT2D eigenvalue weighted by Crippen LogP contribution is -2.45. The average molecular weight is 355 g/mol. The second-order valence-electron chi connectivity index (χ2n) is 7.24. The molecule has 0 aliphatic carbocycles. The number of piperidine rings is 1. The summed E-state index contributed by atoms with van der Waals surface area (Å²) in [4.78, 5) is 25.7. The molecular formula is C20H25N3O3. The standard InChI is InChI=1S/C20H25N3O3/c1-13-11-22(9-8-18(13)20(25)26)19(24)17-6-4-16(5-7-17)12-23-15(3)10-14(2)21-23/h4-7,10,13,18H,8-9,11-12H2,1-3H3,(H,25,26). The van der Waals surface area contributed by atoms with Crippen molar-refractivity contribution in [2.24, 2.45) is 11.8 Å². The largest absolute Gasteiger partial charge is 0.481 e. The molecule has 138 valence electrons. The number of carbonyl (C=O) groups is 2. The minimum atomic E-state index is -0.766. The SMILES string of the molecule is Cc1cc(C)n(Cc2ccc(C(=O)N3CCC(C(=O)O)C(C)C3)cc2)n1. The Kier molecular flexibility index (Phi) is 5.11. The number of hydrogen-bond donors (Lipinski definition) is 1. The quantitative estimate of drug-likeness (QED) is 0.915. The Labute approximate surface area is 153 Å². The number of hydrogen-bond acceptors (Lipinski definition) is 3. The number of aliphatic carboxylic acids is 1. The van der Waals surface area contributed by atoms with E-state index in [1.807, 2.05) is 55.8 Å². The summed E-state index contributed by atoms with van der Waals surface area (Å²) in [6.07, 6.45) is 0.512. The Bertz CT molecular complexity index is 810. The van der Waals surface area contributed by atoms with Crippen LogP contribution in [0.2, 0.25) is 0 Å². The van der Waals surface area contributed by atoms with Crippen molar-refractivity contribution in [1.29, 1.82) is 0 Å². The molecule has 1 saturated heterocycles. The van der Waals surface area contributed by atoms with Gasteiger partial charge in [0, 0.05) is 24.3 Å². The number of aromatic nitrogens is 2. The summed E-state index contributed by atoms with van der Waals surface area (Å²) in [5, 5.41) is 13.7. The van der Waals surface area contributed by atoms with E-state index in [0.717, 1.165) is 17.0 Å². The molecule has 0 spiro atoms. The molecule has 6 heteroatoms. The Morgan fingerprint density at radius 1 is 1.23 bits per heavy atom.